The Morgan fingerprint density at radius 2 is 2.18 bits per heavy atom. The smallest absolute Gasteiger partial charge is 0.108 e. The van der Waals surface area contributed by atoms with Crippen LogP contribution in [-0.2, 0) is 4.74 Å². The van der Waals surface area contributed by atoms with Crippen LogP contribution in [0.2, 0.25) is 0 Å². The highest BCUT2D eigenvalue weighted by Gasteiger charge is 2.17. The van der Waals surface area contributed by atoms with Gasteiger partial charge < -0.3 is 15.0 Å². The summed E-state index contributed by atoms with van der Waals surface area (Å²) in [5.41, 5.74) is 0. The normalized spacial score (nSPS) is 19.2. The summed E-state index contributed by atoms with van der Waals surface area (Å²) in [6.45, 7) is 6.72. The van der Waals surface area contributed by atoms with Crippen molar-refractivity contribution in [3.63, 3.8) is 0 Å². The van der Waals surface area contributed by atoms with Crippen molar-refractivity contribution in [3.8, 4) is 6.07 Å². The van der Waals surface area contributed by atoms with Crippen molar-refractivity contribution < 1.29 is 4.74 Å². The Kier molecular flexibility index (Phi) is 7.18. The first-order valence-corrected chi connectivity index (χ1v) is 6.65. The zero-order valence-corrected chi connectivity index (χ0v) is 11.1. The minimum Gasteiger partial charge on any atom is -0.381 e. The fraction of sp³-hybridized carbons (Fsp3) is 0.923. The summed E-state index contributed by atoms with van der Waals surface area (Å²) in [5, 5.41) is 12.3. The van der Waals surface area contributed by atoms with Crippen LogP contribution in [0.3, 0.4) is 0 Å². The number of rotatable bonds is 7. The van der Waals surface area contributed by atoms with E-state index in [4.69, 9.17) is 10.00 Å². The van der Waals surface area contributed by atoms with Gasteiger partial charge in [0.1, 0.15) is 6.04 Å². The van der Waals surface area contributed by atoms with Crippen molar-refractivity contribution in [1.82, 2.24) is 10.2 Å². The maximum atomic E-state index is 9.05. The van der Waals surface area contributed by atoms with Crippen molar-refractivity contribution in [3.05, 3.63) is 0 Å². The van der Waals surface area contributed by atoms with E-state index in [0.717, 1.165) is 58.0 Å². The van der Waals surface area contributed by atoms with E-state index < -0.39 is 0 Å². The van der Waals surface area contributed by atoms with Crippen LogP contribution < -0.4 is 5.32 Å². The first kappa shape index (κ1) is 14.4. The Bertz CT molecular complexity index is 233. The van der Waals surface area contributed by atoms with Crippen LogP contribution in [0.1, 0.15) is 26.2 Å². The quantitative estimate of drug-likeness (QED) is 0.726. The maximum Gasteiger partial charge on any atom is 0.108 e. The Hall–Kier alpha value is -0.630. The minimum atomic E-state index is -0.0419. The number of ether oxygens (including phenoxy) is 1. The number of likely N-dealkylation sites (N-methyl/N-ethyl adjacent to an activating group) is 1. The van der Waals surface area contributed by atoms with Crippen LogP contribution in [0.5, 0.6) is 0 Å². The molecule has 0 saturated carbocycles. The van der Waals surface area contributed by atoms with Gasteiger partial charge >= 0.3 is 0 Å². The molecular weight excluding hydrogens is 214 g/mol. The minimum absolute atomic E-state index is 0.0419. The van der Waals surface area contributed by atoms with Crippen LogP contribution >= 0.6 is 0 Å². The fourth-order valence-corrected chi connectivity index (χ4v) is 2.23. The largest absolute Gasteiger partial charge is 0.381 e. The molecule has 98 valence electrons. The van der Waals surface area contributed by atoms with Gasteiger partial charge in [-0.05, 0) is 38.8 Å². The molecule has 0 aromatic heterocycles. The molecule has 1 heterocycles. The molecule has 1 aliphatic rings. The van der Waals surface area contributed by atoms with E-state index in [2.05, 4.69) is 30.3 Å². The molecule has 1 saturated heterocycles. The van der Waals surface area contributed by atoms with Crippen molar-refractivity contribution in [1.29, 1.82) is 5.26 Å². The molecular formula is C13H25N3O. The number of nitrogens with zero attached hydrogens (tertiary/aromatic N) is 2. The number of nitrogens with one attached hydrogen (secondary N) is 1. The van der Waals surface area contributed by atoms with Crippen molar-refractivity contribution in [2.75, 3.05) is 39.9 Å². The van der Waals surface area contributed by atoms with Gasteiger partial charge in [0.15, 0.2) is 0 Å². The van der Waals surface area contributed by atoms with Gasteiger partial charge in [-0.2, -0.15) is 5.26 Å². The average Bonchev–Trinajstić information content (AvgIpc) is 2.35. The molecule has 0 spiro atoms. The highest BCUT2D eigenvalue weighted by atomic mass is 16.5. The Balaban J connectivity index is 2.21. The van der Waals surface area contributed by atoms with E-state index in [1.54, 1.807) is 0 Å². The molecule has 1 N–H and O–H groups in total. The molecule has 1 rings (SSSR count). The Labute approximate surface area is 105 Å². The molecule has 0 bridgehead atoms. The Morgan fingerprint density at radius 1 is 1.47 bits per heavy atom. The predicted octanol–water partition coefficient (Wildman–Crippen LogP) is 1.24. The monoisotopic (exact) mass is 239 g/mol. The third kappa shape index (κ3) is 6.02. The van der Waals surface area contributed by atoms with Crippen molar-refractivity contribution in [2.24, 2.45) is 5.92 Å². The standard InChI is InChI=1S/C13H25N3O/c1-3-6-15-13(9-14)11-16(2)10-12-4-7-17-8-5-12/h12-13,15H,3-8,10-11H2,1-2H3. The molecule has 1 unspecified atom stereocenters. The molecule has 1 fully saturated rings. The maximum absolute atomic E-state index is 9.05. The lowest BCUT2D eigenvalue weighted by Gasteiger charge is -2.28. The zero-order chi connectivity index (χ0) is 12.5. The third-order valence-corrected chi connectivity index (χ3v) is 3.20. The lowest BCUT2D eigenvalue weighted by Crippen LogP contribution is -2.41. The second kappa shape index (κ2) is 8.46. The lowest BCUT2D eigenvalue weighted by atomic mass is 10.00. The highest BCUT2D eigenvalue weighted by molar-refractivity contribution is 4.91. The van der Waals surface area contributed by atoms with Crippen LogP contribution in [0.15, 0.2) is 0 Å². The zero-order valence-electron chi connectivity index (χ0n) is 11.1. The second-order valence-corrected chi connectivity index (χ2v) is 4.91. The summed E-state index contributed by atoms with van der Waals surface area (Å²) < 4.78 is 5.35. The van der Waals surface area contributed by atoms with E-state index in [-0.39, 0.29) is 6.04 Å². The summed E-state index contributed by atoms with van der Waals surface area (Å²) in [4.78, 5) is 2.27. The number of nitriles is 1. The SMILES string of the molecule is CCCNC(C#N)CN(C)CC1CCOCC1. The van der Waals surface area contributed by atoms with Crippen LogP contribution in [0, 0.1) is 17.2 Å². The topological polar surface area (TPSA) is 48.3 Å². The van der Waals surface area contributed by atoms with Gasteiger partial charge in [-0.15, -0.1) is 0 Å². The molecule has 17 heavy (non-hydrogen) atoms. The molecule has 0 radical (unpaired) electrons. The second-order valence-electron chi connectivity index (χ2n) is 4.91. The number of hydrogen-bond donors (Lipinski definition) is 1. The molecule has 0 aliphatic carbocycles. The van der Waals surface area contributed by atoms with E-state index in [0.29, 0.717) is 0 Å². The fourth-order valence-electron chi connectivity index (χ4n) is 2.23. The highest BCUT2D eigenvalue weighted by Crippen LogP contribution is 2.15. The molecule has 4 heteroatoms. The van der Waals surface area contributed by atoms with Gasteiger partial charge in [0.2, 0.25) is 0 Å². The van der Waals surface area contributed by atoms with Gasteiger partial charge in [-0.25, -0.2) is 0 Å². The molecule has 0 aromatic carbocycles. The van der Waals surface area contributed by atoms with E-state index >= 15 is 0 Å². The van der Waals surface area contributed by atoms with Crippen molar-refractivity contribution >= 4 is 0 Å². The molecule has 1 aliphatic heterocycles. The predicted molar refractivity (Wildman–Crippen MR) is 68.7 cm³/mol. The summed E-state index contributed by atoms with van der Waals surface area (Å²) in [7, 11) is 2.10. The van der Waals surface area contributed by atoms with Crippen LogP contribution in [0.4, 0.5) is 0 Å². The lowest BCUT2D eigenvalue weighted by molar-refractivity contribution is 0.0553. The van der Waals surface area contributed by atoms with Gasteiger partial charge in [-0.1, -0.05) is 6.92 Å². The van der Waals surface area contributed by atoms with E-state index in [1.165, 1.54) is 0 Å². The van der Waals surface area contributed by atoms with Gasteiger partial charge in [-0.3, -0.25) is 0 Å². The molecule has 0 aromatic rings. The van der Waals surface area contributed by atoms with E-state index in [9.17, 15) is 0 Å². The molecule has 1 atom stereocenters. The molecule has 0 amide bonds. The Morgan fingerprint density at radius 3 is 2.76 bits per heavy atom. The summed E-state index contributed by atoms with van der Waals surface area (Å²) in [5.74, 6) is 0.735. The summed E-state index contributed by atoms with van der Waals surface area (Å²) in [6.07, 6.45) is 3.38. The average molecular weight is 239 g/mol. The van der Waals surface area contributed by atoms with Gasteiger partial charge in [0, 0.05) is 26.3 Å². The van der Waals surface area contributed by atoms with Crippen molar-refractivity contribution in [2.45, 2.75) is 32.2 Å². The van der Waals surface area contributed by atoms with E-state index in [1.807, 2.05) is 0 Å². The van der Waals surface area contributed by atoms with Gasteiger partial charge in [0.05, 0.1) is 6.07 Å². The van der Waals surface area contributed by atoms with Crippen LogP contribution in [-0.4, -0.2) is 50.8 Å². The molecule has 4 nitrogen and oxygen atoms in total. The third-order valence-electron chi connectivity index (χ3n) is 3.20. The first-order valence-electron chi connectivity index (χ1n) is 6.65. The number of hydrogen-bond acceptors (Lipinski definition) is 4. The van der Waals surface area contributed by atoms with Gasteiger partial charge in [0.25, 0.3) is 0 Å². The first-order chi connectivity index (χ1) is 8.26. The van der Waals surface area contributed by atoms with Crippen LogP contribution in [0.25, 0.3) is 0 Å². The summed E-state index contributed by atoms with van der Waals surface area (Å²) in [6, 6.07) is 2.29. The summed E-state index contributed by atoms with van der Waals surface area (Å²) >= 11 is 0.